The van der Waals surface area contributed by atoms with Crippen LogP contribution in [-0.4, -0.2) is 28.5 Å². The van der Waals surface area contributed by atoms with Crippen molar-refractivity contribution in [2.75, 3.05) is 6.61 Å². The van der Waals surface area contributed by atoms with E-state index in [1.165, 1.54) is 30.5 Å². The van der Waals surface area contributed by atoms with Crippen LogP contribution in [-0.2, 0) is 18.2 Å². The summed E-state index contributed by atoms with van der Waals surface area (Å²) in [6.45, 7) is 3.07. The first kappa shape index (κ1) is 12.2. The van der Waals surface area contributed by atoms with Crippen LogP contribution in [0.3, 0.4) is 0 Å². The molecule has 0 spiro atoms. The van der Waals surface area contributed by atoms with Crippen LogP contribution in [0.1, 0.15) is 49.9 Å². The van der Waals surface area contributed by atoms with E-state index < -0.39 is 0 Å². The maximum atomic E-state index is 5.61. The molecule has 0 saturated carbocycles. The lowest BCUT2D eigenvalue weighted by Gasteiger charge is -2.33. The van der Waals surface area contributed by atoms with E-state index in [0.717, 1.165) is 19.4 Å². The summed E-state index contributed by atoms with van der Waals surface area (Å²) in [5.74, 6) is 0. The number of hydrogen-bond donors (Lipinski definition) is 1. The molecule has 100 valence electrons. The van der Waals surface area contributed by atoms with Gasteiger partial charge in [-0.3, -0.25) is 4.68 Å². The number of nitrogens with one attached hydrogen (secondary N) is 1. The third-order valence-corrected chi connectivity index (χ3v) is 4.30. The molecule has 3 rings (SSSR count). The summed E-state index contributed by atoms with van der Waals surface area (Å²) in [6, 6.07) is 1.10. The standard InChI is InChI=1S/C14H23N3O/c1-10-8-11(6-7-18-10)16-13-4-3-5-14-12(13)9-15-17(14)2/h9-11,13,16H,3-8H2,1-2H3. The lowest BCUT2D eigenvalue weighted by Crippen LogP contribution is -2.40. The first-order valence-electron chi connectivity index (χ1n) is 7.12. The molecule has 0 aromatic carbocycles. The van der Waals surface area contributed by atoms with Gasteiger partial charge in [-0.2, -0.15) is 5.10 Å². The van der Waals surface area contributed by atoms with E-state index in [9.17, 15) is 0 Å². The van der Waals surface area contributed by atoms with Crippen molar-refractivity contribution in [3.63, 3.8) is 0 Å². The highest BCUT2D eigenvalue weighted by atomic mass is 16.5. The largest absolute Gasteiger partial charge is 0.378 e. The molecule has 4 nitrogen and oxygen atoms in total. The molecule has 1 fully saturated rings. The molecule has 2 heterocycles. The van der Waals surface area contributed by atoms with Gasteiger partial charge >= 0.3 is 0 Å². The van der Waals surface area contributed by atoms with Crippen LogP contribution in [0.25, 0.3) is 0 Å². The third kappa shape index (κ3) is 2.31. The molecule has 1 saturated heterocycles. The molecule has 1 N–H and O–H groups in total. The highest BCUT2D eigenvalue weighted by molar-refractivity contribution is 5.24. The monoisotopic (exact) mass is 249 g/mol. The first-order valence-corrected chi connectivity index (χ1v) is 7.12. The number of hydrogen-bond acceptors (Lipinski definition) is 3. The molecule has 1 aliphatic heterocycles. The number of aromatic nitrogens is 2. The van der Waals surface area contributed by atoms with Gasteiger partial charge in [0.05, 0.1) is 12.3 Å². The normalized spacial score (nSPS) is 32.2. The van der Waals surface area contributed by atoms with E-state index in [1.807, 2.05) is 4.68 Å². The van der Waals surface area contributed by atoms with E-state index in [2.05, 4.69) is 30.6 Å². The van der Waals surface area contributed by atoms with Gasteiger partial charge < -0.3 is 10.1 Å². The Morgan fingerprint density at radius 2 is 2.33 bits per heavy atom. The highest BCUT2D eigenvalue weighted by Crippen LogP contribution is 2.30. The van der Waals surface area contributed by atoms with Crippen molar-refractivity contribution < 1.29 is 4.74 Å². The quantitative estimate of drug-likeness (QED) is 0.871. The molecule has 2 aliphatic rings. The highest BCUT2D eigenvalue weighted by Gasteiger charge is 2.27. The van der Waals surface area contributed by atoms with Crippen molar-refractivity contribution in [2.24, 2.45) is 7.05 Å². The molecule has 4 heteroatoms. The smallest absolute Gasteiger partial charge is 0.0561 e. The van der Waals surface area contributed by atoms with Crippen LogP contribution in [0.2, 0.25) is 0 Å². The minimum Gasteiger partial charge on any atom is -0.378 e. The Morgan fingerprint density at radius 3 is 3.17 bits per heavy atom. The second-order valence-corrected chi connectivity index (χ2v) is 5.68. The predicted octanol–water partition coefficient (Wildman–Crippen LogP) is 1.95. The Balaban J connectivity index is 1.70. The number of rotatable bonds is 2. The minimum absolute atomic E-state index is 0.396. The number of fused-ring (bicyclic) bond motifs is 1. The van der Waals surface area contributed by atoms with Crippen molar-refractivity contribution in [3.05, 3.63) is 17.5 Å². The topological polar surface area (TPSA) is 39.1 Å². The lowest BCUT2D eigenvalue weighted by atomic mass is 9.91. The van der Waals surface area contributed by atoms with Gasteiger partial charge in [0.15, 0.2) is 0 Å². The third-order valence-electron chi connectivity index (χ3n) is 4.30. The molecule has 1 aromatic rings. The molecule has 1 aliphatic carbocycles. The molecule has 0 radical (unpaired) electrons. The van der Waals surface area contributed by atoms with Gasteiger partial charge in [-0.25, -0.2) is 0 Å². The van der Waals surface area contributed by atoms with Crippen LogP contribution < -0.4 is 5.32 Å². The molecular weight excluding hydrogens is 226 g/mol. The Kier molecular flexibility index (Phi) is 3.39. The minimum atomic E-state index is 0.396. The second kappa shape index (κ2) is 5.02. The van der Waals surface area contributed by atoms with Crippen molar-refractivity contribution in [3.8, 4) is 0 Å². The zero-order valence-corrected chi connectivity index (χ0v) is 11.4. The van der Waals surface area contributed by atoms with Crippen LogP contribution in [0, 0.1) is 0 Å². The number of aryl methyl sites for hydroxylation is 1. The van der Waals surface area contributed by atoms with Gasteiger partial charge in [0.25, 0.3) is 0 Å². The Bertz CT molecular complexity index is 415. The van der Waals surface area contributed by atoms with Crippen molar-refractivity contribution >= 4 is 0 Å². The number of nitrogens with zero attached hydrogens (tertiary/aromatic N) is 2. The fourth-order valence-corrected chi connectivity index (χ4v) is 3.31. The van der Waals surface area contributed by atoms with E-state index >= 15 is 0 Å². The van der Waals surface area contributed by atoms with Crippen LogP contribution >= 0.6 is 0 Å². The fraction of sp³-hybridized carbons (Fsp3) is 0.786. The summed E-state index contributed by atoms with van der Waals surface area (Å²) in [7, 11) is 2.05. The fourth-order valence-electron chi connectivity index (χ4n) is 3.31. The summed E-state index contributed by atoms with van der Waals surface area (Å²) in [4.78, 5) is 0. The van der Waals surface area contributed by atoms with Crippen LogP contribution in [0.4, 0.5) is 0 Å². The molecule has 1 aromatic heterocycles. The van der Waals surface area contributed by atoms with E-state index in [1.54, 1.807) is 0 Å². The van der Waals surface area contributed by atoms with Crippen LogP contribution in [0.15, 0.2) is 6.20 Å². The van der Waals surface area contributed by atoms with Crippen molar-refractivity contribution in [1.29, 1.82) is 0 Å². The molecule has 3 atom stereocenters. The average Bonchev–Trinajstić information content (AvgIpc) is 2.73. The van der Waals surface area contributed by atoms with Gasteiger partial charge in [0.2, 0.25) is 0 Å². The summed E-state index contributed by atoms with van der Waals surface area (Å²) >= 11 is 0. The van der Waals surface area contributed by atoms with E-state index in [4.69, 9.17) is 4.74 Å². The maximum absolute atomic E-state index is 5.61. The van der Waals surface area contributed by atoms with Gasteiger partial charge in [-0.1, -0.05) is 0 Å². The van der Waals surface area contributed by atoms with E-state index in [0.29, 0.717) is 18.2 Å². The Labute approximate surface area is 109 Å². The summed E-state index contributed by atoms with van der Waals surface area (Å²) in [5, 5.41) is 8.23. The lowest BCUT2D eigenvalue weighted by molar-refractivity contribution is 0.0108. The Morgan fingerprint density at radius 1 is 1.44 bits per heavy atom. The summed E-state index contributed by atoms with van der Waals surface area (Å²) in [5.41, 5.74) is 2.83. The van der Waals surface area contributed by atoms with Crippen molar-refractivity contribution in [1.82, 2.24) is 15.1 Å². The molecular formula is C14H23N3O. The zero-order chi connectivity index (χ0) is 12.5. The summed E-state index contributed by atoms with van der Waals surface area (Å²) in [6.07, 6.45) is 8.40. The number of ether oxygens (including phenoxy) is 1. The van der Waals surface area contributed by atoms with Crippen molar-refractivity contribution in [2.45, 2.75) is 57.2 Å². The first-order chi connectivity index (χ1) is 8.74. The maximum Gasteiger partial charge on any atom is 0.0561 e. The molecule has 3 unspecified atom stereocenters. The average molecular weight is 249 g/mol. The van der Waals surface area contributed by atoms with Crippen LogP contribution in [0.5, 0.6) is 0 Å². The van der Waals surface area contributed by atoms with Gasteiger partial charge in [0, 0.05) is 37.0 Å². The second-order valence-electron chi connectivity index (χ2n) is 5.68. The van der Waals surface area contributed by atoms with Gasteiger partial charge in [0.1, 0.15) is 0 Å². The summed E-state index contributed by atoms with van der Waals surface area (Å²) < 4.78 is 7.65. The molecule has 0 amide bonds. The van der Waals surface area contributed by atoms with E-state index in [-0.39, 0.29) is 0 Å². The molecule has 0 bridgehead atoms. The Hall–Kier alpha value is -0.870. The zero-order valence-electron chi connectivity index (χ0n) is 11.4. The predicted molar refractivity (Wildman–Crippen MR) is 70.5 cm³/mol. The SMILES string of the molecule is CC1CC(NC2CCCc3c2cnn3C)CCO1. The molecule has 18 heavy (non-hydrogen) atoms. The van der Waals surface area contributed by atoms with Gasteiger partial charge in [-0.15, -0.1) is 0 Å². The van der Waals surface area contributed by atoms with Gasteiger partial charge in [-0.05, 0) is 39.0 Å².